The summed E-state index contributed by atoms with van der Waals surface area (Å²) in [4.78, 5) is 14.4. The Morgan fingerprint density at radius 2 is 2.00 bits per heavy atom. The minimum Gasteiger partial charge on any atom is -0.393 e. The van der Waals surface area contributed by atoms with Gasteiger partial charge in [0.05, 0.1) is 12.6 Å². The molecule has 1 heterocycles. The van der Waals surface area contributed by atoms with Crippen LogP contribution in [-0.2, 0) is 0 Å². The van der Waals surface area contributed by atoms with Gasteiger partial charge in [0.1, 0.15) is 0 Å². The van der Waals surface area contributed by atoms with Crippen LogP contribution < -0.4 is 0 Å². The zero-order chi connectivity index (χ0) is 13.1. The summed E-state index contributed by atoms with van der Waals surface area (Å²) in [5.41, 5.74) is 3.00. The maximum absolute atomic E-state index is 12.3. The number of aliphatic hydroxyl groups excluding tert-OH is 1. The van der Waals surface area contributed by atoms with E-state index in [1.54, 1.807) is 0 Å². The first-order valence-electron chi connectivity index (χ1n) is 6.57. The minimum atomic E-state index is -0.183. The summed E-state index contributed by atoms with van der Waals surface area (Å²) in [6.45, 7) is 6.09. The van der Waals surface area contributed by atoms with Crippen LogP contribution in [0.2, 0.25) is 0 Å². The number of hydrogen-bond donors (Lipinski definition) is 1. The van der Waals surface area contributed by atoms with Crippen LogP contribution in [-0.4, -0.2) is 41.5 Å². The summed E-state index contributed by atoms with van der Waals surface area (Å²) in [6, 6.07) is 6.00. The fourth-order valence-electron chi connectivity index (χ4n) is 2.40. The molecule has 0 amide bonds. The predicted molar refractivity (Wildman–Crippen MR) is 71.9 cm³/mol. The van der Waals surface area contributed by atoms with Gasteiger partial charge < -0.3 is 5.11 Å². The smallest absolute Gasteiger partial charge is 0.177 e. The first-order valence-corrected chi connectivity index (χ1v) is 6.57. The number of nitrogens with zero attached hydrogens (tertiary/aromatic N) is 1. The zero-order valence-corrected chi connectivity index (χ0v) is 11.1. The average molecular weight is 247 g/mol. The molecule has 1 aliphatic rings. The minimum absolute atomic E-state index is 0.183. The van der Waals surface area contributed by atoms with E-state index in [9.17, 15) is 9.90 Å². The van der Waals surface area contributed by atoms with E-state index in [1.165, 1.54) is 0 Å². The molecule has 0 spiro atoms. The highest BCUT2D eigenvalue weighted by Crippen LogP contribution is 2.14. The first-order chi connectivity index (χ1) is 8.56. The number of ketones is 1. The largest absolute Gasteiger partial charge is 0.393 e. The number of Topliss-reactive ketones (excluding diaryl/α,β-unsaturated/α-hetero) is 1. The Labute approximate surface area is 108 Å². The van der Waals surface area contributed by atoms with Crippen molar-refractivity contribution in [1.82, 2.24) is 4.90 Å². The quantitative estimate of drug-likeness (QED) is 0.830. The van der Waals surface area contributed by atoms with E-state index < -0.39 is 0 Å². The van der Waals surface area contributed by atoms with Gasteiger partial charge in [-0.1, -0.05) is 17.7 Å². The Morgan fingerprint density at radius 1 is 1.33 bits per heavy atom. The molecule has 18 heavy (non-hydrogen) atoms. The fraction of sp³-hybridized carbons (Fsp3) is 0.533. The fourth-order valence-corrected chi connectivity index (χ4v) is 2.40. The highest BCUT2D eigenvalue weighted by atomic mass is 16.3. The van der Waals surface area contributed by atoms with Crippen molar-refractivity contribution in [3.8, 4) is 0 Å². The summed E-state index contributed by atoms with van der Waals surface area (Å²) >= 11 is 0. The lowest BCUT2D eigenvalue weighted by Gasteiger charge is -2.28. The number of carbonyl (C=O) groups excluding carboxylic acids is 1. The SMILES string of the molecule is Cc1ccc(C)c(C(=O)CN2CCC(O)CC2)c1. The molecule has 0 atom stereocenters. The van der Waals surface area contributed by atoms with E-state index in [0.29, 0.717) is 6.54 Å². The summed E-state index contributed by atoms with van der Waals surface area (Å²) in [6.07, 6.45) is 1.37. The van der Waals surface area contributed by atoms with Gasteiger partial charge in [-0.2, -0.15) is 0 Å². The van der Waals surface area contributed by atoms with Crippen LogP contribution in [0.15, 0.2) is 18.2 Å². The van der Waals surface area contributed by atoms with Gasteiger partial charge in [0.15, 0.2) is 5.78 Å². The molecule has 0 radical (unpaired) electrons. The lowest BCUT2D eigenvalue weighted by molar-refractivity contribution is 0.0710. The van der Waals surface area contributed by atoms with Crippen LogP contribution >= 0.6 is 0 Å². The van der Waals surface area contributed by atoms with Gasteiger partial charge >= 0.3 is 0 Å². The number of piperidine rings is 1. The Hall–Kier alpha value is -1.19. The number of aliphatic hydroxyl groups is 1. The van der Waals surface area contributed by atoms with Gasteiger partial charge in [-0.15, -0.1) is 0 Å². The van der Waals surface area contributed by atoms with Crippen molar-refractivity contribution < 1.29 is 9.90 Å². The highest BCUT2D eigenvalue weighted by Gasteiger charge is 2.20. The van der Waals surface area contributed by atoms with Gasteiger partial charge in [-0.3, -0.25) is 9.69 Å². The third kappa shape index (κ3) is 3.18. The number of aryl methyl sites for hydroxylation is 2. The van der Waals surface area contributed by atoms with E-state index in [-0.39, 0.29) is 11.9 Å². The Kier molecular flexibility index (Phi) is 4.15. The Bertz CT molecular complexity index is 434. The normalized spacial score (nSPS) is 17.9. The van der Waals surface area contributed by atoms with Gasteiger partial charge in [-0.25, -0.2) is 0 Å². The summed E-state index contributed by atoms with van der Waals surface area (Å²) in [5.74, 6) is 0.188. The van der Waals surface area contributed by atoms with Crippen molar-refractivity contribution in [3.63, 3.8) is 0 Å². The maximum Gasteiger partial charge on any atom is 0.177 e. The molecule has 0 saturated carbocycles. The van der Waals surface area contributed by atoms with Crippen LogP contribution in [0.5, 0.6) is 0 Å². The third-order valence-electron chi connectivity index (χ3n) is 3.62. The lowest BCUT2D eigenvalue weighted by atomic mass is 10.0. The second-order valence-corrected chi connectivity index (χ2v) is 5.25. The van der Waals surface area contributed by atoms with Crippen molar-refractivity contribution in [2.24, 2.45) is 0 Å². The van der Waals surface area contributed by atoms with E-state index in [1.807, 2.05) is 32.0 Å². The summed E-state index contributed by atoms with van der Waals surface area (Å²) in [5, 5.41) is 9.45. The van der Waals surface area contributed by atoms with E-state index in [0.717, 1.165) is 42.6 Å². The van der Waals surface area contributed by atoms with Crippen molar-refractivity contribution in [1.29, 1.82) is 0 Å². The second kappa shape index (κ2) is 5.63. The van der Waals surface area contributed by atoms with Crippen molar-refractivity contribution in [2.75, 3.05) is 19.6 Å². The number of hydrogen-bond acceptors (Lipinski definition) is 3. The Morgan fingerprint density at radius 3 is 2.67 bits per heavy atom. The molecule has 1 fully saturated rings. The molecule has 1 aromatic rings. The van der Waals surface area contributed by atoms with Gasteiger partial charge in [0, 0.05) is 18.7 Å². The van der Waals surface area contributed by atoms with Gasteiger partial charge in [0.25, 0.3) is 0 Å². The van der Waals surface area contributed by atoms with Crippen LogP contribution in [0.1, 0.15) is 34.3 Å². The standard InChI is InChI=1S/C15H21NO2/c1-11-3-4-12(2)14(9-11)15(18)10-16-7-5-13(17)6-8-16/h3-4,9,13,17H,5-8,10H2,1-2H3. The topological polar surface area (TPSA) is 40.5 Å². The van der Waals surface area contributed by atoms with Gasteiger partial charge in [0.2, 0.25) is 0 Å². The number of carbonyl (C=O) groups is 1. The molecule has 1 aliphatic heterocycles. The molecule has 0 aliphatic carbocycles. The van der Waals surface area contributed by atoms with Crippen molar-refractivity contribution in [2.45, 2.75) is 32.8 Å². The lowest BCUT2D eigenvalue weighted by Crippen LogP contribution is -2.39. The molecule has 1 aromatic carbocycles. The molecule has 0 bridgehead atoms. The molecule has 1 N–H and O–H groups in total. The molecule has 1 saturated heterocycles. The van der Waals surface area contributed by atoms with Crippen LogP contribution in [0, 0.1) is 13.8 Å². The monoisotopic (exact) mass is 247 g/mol. The molecular weight excluding hydrogens is 226 g/mol. The number of likely N-dealkylation sites (tertiary alicyclic amines) is 1. The molecular formula is C15H21NO2. The van der Waals surface area contributed by atoms with Crippen molar-refractivity contribution >= 4 is 5.78 Å². The van der Waals surface area contributed by atoms with Crippen LogP contribution in [0.4, 0.5) is 0 Å². The van der Waals surface area contributed by atoms with Crippen molar-refractivity contribution in [3.05, 3.63) is 34.9 Å². The highest BCUT2D eigenvalue weighted by molar-refractivity contribution is 5.99. The number of rotatable bonds is 3. The van der Waals surface area contributed by atoms with E-state index >= 15 is 0 Å². The maximum atomic E-state index is 12.3. The molecule has 0 aromatic heterocycles. The Balaban J connectivity index is 2.01. The molecule has 0 unspecified atom stereocenters. The van der Waals surface area contributed by atoms with E-state index in [4.69, 9.17) is 0 Å². The summed E-state index contributed by atoms with van der Waals surface area (Å²) < 4.78 is 0. The first kappa shape index (κ1) is 13.2. The van der Waals surface area contributed by atoms with Crippen LogP contribution in [0.25, 0.3) is 0 Å². The predicted octanol–water partition coefficient (Wildman–Crippen LogP) is 1.94. The zero-order valence-electron chi connectivity index (χ0n) is 11.1. The molecule has 3 heteroatoms. The third-order valence-corrected chi connectivity index (χ3v) is 3.62. The second-order valence-electron chi connectivity index (χ2n) is 5.25. The summed E-state index contributed by atoms with van der Waals surface area (Å²) in [7, 11) is 0. The van der Waals surface area contributed by atoms with E-state index in [2.05, 4.69) is 4.90 Å². The molecule has 3 nitrogen and oxygen atoms in total. The molecule has 2 rings (SSSR count). The number of benzene rings is 1. The van der Waals surface area contributed by atoms with Crippen LogP contribution in [0.3, 0.4) is 0 Å². The van der Waals surface area contributed by atoms with Gasteiger partial charge in [-0.05, 0) is 38.3 Å². The average Bonchev–Trinajstić information content (AvgIpc) is 2.35. The molecule has 98 valence electrons.